The fourth-order valence-corrected chi connectivity index (χ4v) is 2.19. The van der Waals surface area contributed by atoms with E-state index >= 15 is 0 Å². The molecule has 0 bridgehead atoms. The Balaban J connectivity index is 0.00000311. The van der Waals surface area contributed by atoms with Gasteiger partial charge in [0, 0.05) is 12.1 Å². The van der Waals surface area contributed by atoms with Crippen LogP contribution in [-0.2, 0) is 9.53 Å². The van der Waals surface area contributed by atoms with Crippen LogP contribution in [0.15, 0.2) is 53.6 Å². The largest absolute Gasteiger partial charge is 0.466 e. The minimum absolute atomic E-state index is 0. The molecule has 0 saturated heterocycles. The number of hydrogen-bond acceptors (Lipinski definition) is 9. The zero-order valence-corrected chi connectivity index (χ0v) is 18.5. The summed E-state index contributed by atoms with van der Waals surface area (Å²) in [5.74, 6) is -0.604. The van der Waals surface area contributed by atoms with E-state index in [1.54, 1.807) is 19.1 Å². The minimum Gasteiger partial charge on any atom is -0.466 e. The lowest BCUT2D eigenvalue weighted by Gasteiger charge is -2.12. The number of amidine groups is 1. The summed E-state index contributed by atoms with van der Waals surface area (Å²) in [4.78, 5) is 32.8. The fourth-order valence-electron chi connectivity index (χ4n) is 2.19. The number of hydrazine groups is 1. The molecule has 0 saturated carbocycles. The van der Waals surface area contributed by atoms with Crippen LogP contribution in [0.25, 0.3) is 0 Å². The van der Waals surface area contributed by atoms with Crippen molar-refractivity contribution in [2.75, 3.05) is 17.5 Å². The van der Waals surface area contributed by atoms with Crippen molar-refractivity contribution in [3.05, 3.63) is 68.8 Å². The average Bonchev–Trinajstić information content (AvgIpc) is 2.77. The first-order chi connectivity index (χ1) is 14.9. The second-order valence-electron chi connectivity index (χ2n) is 5.45. The number of benzene rings is 2. The topological polar surface area (TPSA) is 161 Å². The maximum atomic E-state index is 11.8. The minimum atomic E-state index is -0.604. The molecule has 0 spiro atoms. The van der Waals surface area contributed by atoms with Gasteiger partial charge in [0.2, 0.25) is 0 Å². The number of hydrogen-bond donors (Lipinski definition) is 3. The number of para-hydroxylation sites is 4. The van der Waals surface area contributed by atoms with Crippen LogP contribution in [0.5, 0.6) is 0 Å². The summed E-state index contributed by atoms with van der Waals surface area (Å²) in [6.45, 7) is 5.79. The van der Waals surface area contributed by atoms with E-state index in [1.165, 1.54) is 36.4 Å². The normalized spacial score (nSPS) is 9.91. The summed E-state index contributed by atoms with van der Waals surface area (Å²) in [6, 6.07) is 11.7. The lowest BCUT2D eigenvalue weighted by molar-refractivity contribution is -0.384. The Morgan fingerprint density at radius 1 is 0.969 bits per heavy atom. The van der Waals surface area contributed by atoms with Crippen LogP contribution in [0.1, 0.15) is 27.2 Å². The molecule has 13 heteroatoms. The van der Waals surface area contributed by atoms with E-state index in [2.05, 4.69) is 21.4 Å². The van der Waals surface area contributed by atoms with Crippen LogP contribution in [0.4, 0.5) is 22.7 Å². The molecule has 3 N–H and O–H groups in total. The molecule has 0 atom stereocenters. The summed E-state index contributed by atoms with van der Waals surface area (Å²) in [5.41, 5.74) is 7.57. The predicted molar refractivity (Wildman–Crippen MR) is 124 cm³/mol. The van der Waals surface area contributed by atoms with Gasteiger partial charge in [0.15, 0.2) is 5.84 Å². The summed E-state index contributed by atoms with van der Waals surface area (Å²) in [7, 11) is 0. The number of carbonyl (C=O) groups is 1. The van der Waals surface area contributed by atoms with Gasteiger partial charge in [0.1, 0.15) is 17.8 Å². The van der Waals surface area contributed by atoms with Gasteiger partial charge in [0.25, 0.3) is 11.4 Å². The number of hydrazone groups is 1. The molecule has 0 aliphatic rings. The molecule has 174 valence electrons. The molecule has 2 rings (SSSR count). The Kier molecular flexibility index (Phi) is 13.1. The molecule has 2 aromatic rings. The van der Waals surface area contributed by atoms with E-state index in [0.717, 1.165) is 0 Å². The van der Waals surface area contributed by atoms with Crippen molar-refractivity contribution in [2.45, 2.75) is 27.2 Å². The monoisotopic (exact) mass is 468 g/mol. The summed E-state index contributed by atoms with van der Waals surface area (Å²) >= 11 is 0. The number of carbonyl (C=O) groups excluding carboxylic acids is 1. The lowest BCUT2D eigenvalue weighted by Crippen LogP contribution is -2.33. The lowest BCUT2D eigenvalue weighted by atomic mass is 10.3. The highest BCUT2D eigenvalue weighted by molar-refractivity contribution is 5.98. The summed E-state index contributed by atoms with van der Waals surface area (Å²) in [6.07, 6.45) is -0.310. The van der Waals surface area contributed by atoms with Crippen LogP contribution in [-0.4, -0.2) is 28.3 Å². The van der Waals surface area contributed by atoms with Crippen molar-refractivity contribution < 1.29 is 19.4 Å². The number of ether oxygens (including phenoxy) is 1. The van der Waals surface area contributed by atoms with E-state index < -0.39 is 15.8 Å². The highest BCUT2D eigenvalue weighted by atomic mass is 35.5. The van der Waals surface area contributed by atoms with E-state index in [0.29, 0.717) is 0 Å². The Morgan fingerprint density at radius 2 is 1.47 bits per heavy atom. The quantitative estimate of drug-likeness (QED) is 0.160. The molecule has 0 heterocycles. The van der Waals surface area contributed by atoms with Crippen molar-refractivity contribution in [1.82, 2.24) is 5.43 Å². The van der Waals surface area contributed by atoms with Gasteiger partial charge in [-0.2, -0.15) is 5.10 Å². The van der Waals surface area contributed by atoms with E-state index in [-0.39, 0.29) is 54.0 Å². The molecular weight excluding hydrogens is 444 g/mol. The first kappa shape index (κ1) is 28.1. The smallest absolute Gasteiger partial charge is 0.313 e. The van der Waals surface area contributed by atoms with Gasteiger partial charge in [-0.25, -0.2) is 0 Å². The molecule has 0 aliphatic carbocycles. The highest BCUT2D eigenvalue weighted by Gasteiger charge is 2.15. The van der Waals surface area contributed by atoms with E-state index in [4.69, 9.17) is 4.74 Å². The number of nitrogens with zero attached hydrogens (tertiary/aromatic N) is 3. The van der Waals surface area contributed by atoms with Gasteiger partial charge in [-0.05, 0) is 19.1 Å². The van der Waals surface area contributed by atoms with Crippen molar-refractivity contribution >= 4 is 47.0 Å². The second-order valence-corrected chi connectivity index (χ2v) is 5.45. The predicted octanol–water partition coefficient (Wildman–Crippen LogP) is 4.25. The molecule has 0 fully saturated rings. The number of nitro benzene ring substituents is 2. The zero-order chi connectivity index (χ0) is 23.2. The molecule has 32 heavy (non-hydrogen) atoms. The van der Waals surface area contributed by atoms with Crippen molar-refractivity contribution in [1.29, 1.82) is 0 Å². The number of esters is 1. The molecule has 0 amide bonds. The maximum absolute atomic E-state index is 11.8. The average molecular weight is 469 g/mol. The Hall–Kier alpha value is -3.93. The molecule has 0 aromatic heterocycles. The molecule has 0 radical (unpaired) electrons. The van der Waals surface area contributed by atoms with Crippen LogP contribution in [0, 0.1) is 20.2 Å². The zero-order valence-electron chi connectivity index (χ0n) is 17.7. The number of nitrogens with one attached hydrogen (secondary N) is 3. The van der Waals surface area contributed by atoms with Crippen molar-refractivity contribution in [3.8, 4) is 0 Å². The van der Waals surface area contributed by atoms with Crippen molar-refractivity contribution in [2.24, 2.45) is 5.10 Å². The third-order valence-electron chi connectivity index (χ3n) is 3.47. The van der Waals surface area contributed by atoms with E-state index in [1.807, 2.05) is 13.8 Å². The van der Waals surface area contributed by atoms with Gasteiger partial charge >= 0.3 is 5.97 Å². The Bertz CT molecular complexity index is 940. The first-order valence-corrected chi connectivity index (χ1v) is 9.39. The summed E-state index contributed by atoms with van der Waals surface area (Å²) < 4.78 is 4.87. The third-order valence-corrected chi connectivity index (χ3v) is 3.47. The van der Waals surface area contributed by atoms with Crippen molar-refractivity contribution in [3.63, 3.8) is 0 Å². The standard InChI is InChI=1S/C17H18N6O6.C2H6.ClH/c1-2-29-17(24)11-16(20-18-12-7-3-5-9-14(12)22(25)26)21-19-13-8-4-6-10-15(13)23(27)28;1-2;/h3-10,18-19H,2,11H2,1H3,(H,20,21);1-2H3;1H. The Labute approximate surface area is 190 Å². The van der Waals surface area contributed by atoms with Gasteiger partial charge in [-0.1, -0.05) is 38.1 Å². The summed E-state index contributed by atoms with van der Waals surface area (Å²) in [5, 5.41) is 26.2. The number of anilines is 2. The molecule has 0 aliphatic heterocycles. The maximum Gasteiger partial charge on any atom is 0.313 e. The number of nitro groups is 2. The molecule has 0 unspecified atom stereocenters. The van der Waals surface area contributed by atoms with Crippen LogP contribution < -0.4 is 16.3 Å². The number of halogens is 1. The second kappa shape index (κ2) is 15.0. The van der Waals surface area contributed by atoms with Crippen LogP contribution >= 0.6 is 12.4 Å². The van der Waals surface area contributed by atoms with E-state index in [9.17, 15) is 25.0 Å². The molecular formula is C19H25ClN6O6. The third kappa shape index (κ3) is 8.83. The highest BCUT2D eigenvalue weighted by Crippen LogP contribution is 2.24. The van der Waals surface area contributed by atoms with Crippen LogP contribution in [0.3, 0.4) is 0 Å². The first-order valence-electron chi connectivity index (χ1n) is 9.39. The fraction of sp³-hybridized carbons (Fsp3) is 0.263. The Morgan fingerprint density at radius 3 is 2.00 bits per heavy atom. The van der Waals surface area contributed by atoms with Gasteiger partial charge < -0.3 is 4.74 Å². The van der Waals surface area contributed by atoms with Crippen LogP contribution in [0.2, 0.25) is 0 Å². The van der Waals surface area contributed by atoms with Gasteiger partial charge in [0.05, 0.1) is 16.5 Å². The van der Waals surface area contributed by atoms with Gasteiger partial charge in [-0.15, -0.1) is 12.4 Å². The molecule has 12 nitrogen and oxygen atoms in total. The van der Waals surface area contributed by atoms with Gasteiger partial charge in [-0.3, -0.25) is 41.3 Å². The molecule has 2 aromatic carbocycles. The SMILES string of the molecule is CC.CCOC(=O)C/C(=N/Nc1ccccc1[N+](=O)[O-])NNc1ccccc1[N+](=O)[O-].Cl. The number of rotatable bonds is 9.